The van der Waals surface area contributed by atoms with Crippen molar-refractivity contribution in [3.05, 3.63) is 48.0 Å². The molecule has 1 aliphatic heterocycles. The first-order valence-electron chi connectivity index (χ1n) is 8.20. The molecule has 0 aromatic heterocycles. The van der Waals surface area contributed by atoms with Gasteiger partial charge in [-0.2, -0.15) is 0 Å². The van der Waals surface area contributed by atoms with Gasteiger partial charge in [-0.25, -0.2) is 0 Å². The summed E-state index contributed by atoms with van der Waals surface area (Å²) in [6.45, 7) is 2.12. The summed E-state index contributed by atoms with van der Waals surface area (Å²) < 4.78 is 5.24. The van der Waals surface area contributed by atoms with Gasteiger partial charge in [-0.15, -0.1) is 0 Å². The number of carboxylic acid groups (broad SMARTS) is 1. The van der Waals surface area contributed by atoms with Crippen molar-refractivity contribution >= 4 is 22.6 Å². The minimum atomic E-state index is -0.926. The van der Waals surface area contributed by atoms with E-state index in [2.05, 4.69) is 0 Å². The number of carboxylic acids is 1. The van der Waals surface area contributed by atoms with Gasteiger partial charge in [-0.3, -0.25) is 9.59 Å². The molecule has 0 saturated carbocycles. The summed E-state index contributed by atoms with van der Waals surface area (Å²) in [7, 11) is 0. The Kier molecular flexibility index (Phi) is 5.11. The van der Waals surface area contributed by atoms with E-state index in [4.69, 9.17) is 4.74 Å². The maximum atomic E-state index is 12.4. The number of hydrogen-bond donors (Lipinski definition) is 1. The van der Waals surface area contributed by atoms with Gasteiger partial charge in [0.1, 0.15) is 0 Å². The largest absolute Gasteiger partial charge is 0.481 e. The van der Waals surface area contributed by atoms with Crippen molar-refractivity contribution in [3.8, 4) is 0 Å². The van der Waals surface area contributed by atoms with Gasteiger partial charge in [-0.05, 0) is 22.8 Å². The number of ether oxygens (including phenoxy) is 1. The SMILES string of the molecule is O=C(O)[C@@H](CC(=O)N1CCOCC1)Cc1cccc2ccccc12. The van der Waals surface area contributed by atoms with Gasteiger partial charge in [0.15, 0.2) is 0 Å². The molecule has 0 radical (unpaired) electrons. The lowest BCUT2D eigenvalue weighted by atomic mass is 9.92. The van der Waals surface area contributed by atoms with Crippen LogP contribution >= 0.6 is 0 Å². The molecule has 1 fully saturated rings. The third kappa shape index (κ3) is 3.74. The monoisotopic (exact) mass is 327 g/mol. The fourth-order valence-corrected chi connectivity index (χ4v) is 3.14. The molecule has 1 aliphatic rings. The first-order valence-corrected chi connectivity index (χ1v) is 8.20. The molecule has 1 amide bonds. The average molecular weight is 327 g/mol. The summed E-state index contributed by atoms with van der Waals surface area (Å²) in [4.78, 5) is 25.7. The molecule has 24 heavy (non-hydrogen) atoms. The van der Waals surface area contributed by atoms with E-state index in [0.29, 0.717) is 32.7 Å². The van der Waals surface area contributed by atoms with Crippen LogP contribution in [0.15, 0.2) is 42.5 Å². The second-order valence-corrected chi connectivity index (χ2v) is 6.07. The van der Waals surface area contributed by atoms with E-state index in [9.17, 15) is 14.7 Å². The first-order chi connectivity index (χ1) is 11.6. The minimum absolute atomic E-state index is 0.0263. The molecular formula is C19H21NO4. The molecule has 0 aliphatic carbocycles. The van der Waals surface area contributed by atoms with E-state index in [0.717, 1.165) is 16.3 Å². The zero-order valence-corrected chi connectivity index (χ0v) is 13.5. The van der Waals surface area contributed by atoms with Crippen molar-refractivity contribution in [1.29, 1.82) is 0 Å². The second-order valence-electron chi connectivity index (χ2n) is 6.07. The van der Waals surface area contributed by atoms with Crippen molar-refractivity contribution in [2.24, 2.45) is 5.92 Å². The zero-order chi connectivity index (χ0) is 16.9. The van der Waals surface area contributed by atoms with Crippen molar-refractivity contribution in [2.75, 3.05) is 26.3 Å². The number of morpholine rings is 1. The van der Waals surface area contributed by atoms with Crippen LogP contribution in [0.5, 0.6) is 0 Å². The molecule has 0 unspecified atom stereocenters. The zero-order valence-electron chi connectivity index (χ0n) is 13.5. The summed E-state index contributed by atoms with van der Waals surface area (Å²) in [6, 6.07) is 13.8. The maximum Gasteiger partial charge on any atom is 0.307 e. The number of amides is 1. The Bertz CT molecular complexity index is 732. The van der Waals surface area contributed by atoms with Crippen molar-refractivity contribution in [2.45, 2.75) is 12.8 Å². The Labute approximate surface area is 140 Å². The maximum absolute atomic E-state index is 12.4. The average Bonchev–Trinajstić information content (AvgIpc) is 2.62. The Morgan fingerprint density at radius 1 is 1.08 bits per heavy atom. The quantitative estimate of drug-likeness (QED) is 0.915. The molecule has 5 nitrogen and oxygen atoms in total. The fourth-order valence-electron chi connectivity index (χ4n) is 3.14. The molecule has 1 heterocycles. The van der Waals surface area contributed by atoms with Gasteiger partial charge in [0.05, 0.1) is 19.1 Å². The predicted octanol–water partition coefficient (Wildman–Crippen LogP) is 2.33. The molecule has 1 N–H and O–H groups in total. The lowest BCUT2D eigenvalue weighted by molar-refractivity contribution is -0.147. The Hall–Kier alpha value is -2.40. The molecular weight excluding hydrogens is 306 g/mol. The van der Waals surface area contributed by atoms with Crippen LogP contribution in [0.2, 0.25) is 0 Å². The lowest BCUT2D eigenvalue weighted by Crippen LogP contribution is -2.42. The van der Waals surface area contributed by atoms with Gasteiger partial charge in [0.25, 0.3) is 0 Å². The van der Waals surface area contributed by atoms with Crippen LogP contribution in [0.4, 0.5) is 0 Å². The summed E-state index contributed by atoms with van der Waals surface area (Å²) in [5.41, 5.74) is 0.968. The summed E-state index contributed by atoms with van der Waals surface area (Å²) >= 11 is 0. The molecule has 1 atom stereocenters. The number of nitrogens with zero attached hydrogens (tertiary/aromatic N) is 1. The van der Waals surface area contributed by atoms with Gasteiger partial charge < -0.3 is 14.7 Å². The Morgan fingerprint density at radius 3 is 2.54 bits per heavy atom. The van der Waals surface area contributed by atoms with Gasteiger partial charge in [0.2, 0.25) is 5.91 Å². The van der Waals surface area contributed by atoms with Crippen molar-refractivity contribution in [1.82, 2.24) is 4.90 Å². The highest BCUT2D eigenvalue weighted by atomic mass is 16.5. The topological polar surface area (TPSA) is 66.8 Å². The van der Waals surface area contributed by atoms with Crippen LogP contribution < -0.4 is 0 Å². The number of fused-ring (bicyclic) bond motifs is 1. The van der Waals surface area contributed by atoms with Crippen LogP contribution in [-0.4, -0.2) is 48.2 Å². The summed E-state index contributed by atoms with van der Waals surface area (Å²) in [6.07, 6.45) is 0.380. The van der Waals surface area contributed by atoms with E-state index < -0.39 is 11.9 Å². The highest BCUT2D eigenvalue weighted by Gasteiger charge is 2.26. The van der Waals surface area contributed by atoms with Gasteiger partial charge in [0, 0.05) is 19.5 Å². The second kappa shape index (κ2) is 7.45. The number of benzene rings is 2. The first kappa shape index (κ1) is 16.5. The number of aliphatic carboxylic acids is 1. The molecule has 2 aromatic rings. The van der Waals surface area contributed by atoms with Crippen LogP contribution in [0.1, 0.15) is 12.0 Å². The fraction of sp³-hybridized carbons (Fsp3) is 0.368. The van der Waals surface area contributed by atoms with E-state index in [1.54, 1.807) is 4.90 Å². The van der Waals surface area contributed by atoms with E-state index in [1.165, 1.54) is 0 Å². The normalized spacial score (nSPS) is 16.1. The standard InChI is InChI=1S/C19H21NO4/c21-18(20-8-10-24-11-9-20)13-16(19(22)23)12-15-6-3-5-14-4-1-2-7-17(14)15/h1-7,16H,8-13H2,(H,22,23)/t16-/m1/s1. The van der Waals surface area contributed by atoms with Crippen LogP contribution in [0, 0.1) is 5.92 Å². The molecule has 1 saturated heterocycles. The molecule has 0 bridgehead atoms. The van der Waals surface area contributed by atoms with Crippen LogP contribution in [0.25, 0.3) is 10.8 Å². The van der Waals surface area contributed by atoms with Crippen LogP contribution in [-0.2, 0) is 20.7 Å². The van der Waals surface area contributed by atoms with E-state index in [-0.39, 0.29) is 12.3 Å². The predicted molar refractivity (Wildman–Crippen MR) is 90.8 cm³/mol. The van der Waals surface area contributed by atoms with Crippen molar-refractivity contribution in [3.63, 3.8) is 0 Å². The number of carbonyl (C=O) groups excluding carboxylic acids is 1. The Morgan fingerprint density at radius 2 is 1.79 bits per heavy atom. The van der Waals surface area contributed by atoms with Crippen LogP contribution in [0.3, 0.4) is 0 Å². The highest BCUT2D eigenvalue weighted by molar-refractivity contribution is 5.87. The van der Waals surface area contributed by atoms with Gasteiger partial charge in [-0.1, -0.05) is 42.5 Å². The molecule has 126 valence electrons. The third-order valence-corrected chi connectivity index (χ3v) is 4.48. The van der Waals surface area contributed by atoms with Crippen molar-refractivity contribution < 1.29 is 19.4 Å². The third-order valence-electron chi connectivity index (χ3n) is 4.48. The highest BCUT2D eigenvalue weighted by Crippen LogP contribution is 2.23. The summed E-state index contributed by atoms with van der Waals surface area (Å²) in [5, 5.41) is 11.7. The van der Waals surface area contributed by atoms with E-state index in [1.807, 2.05) is 42.5 Å². The Balaban J connectivity index is 1.76. The number of rotatable bonds is 5. The van der Waals surface area contributed by atoms with Gasteiger partial charge >= 0.3 is 5.97 Å². The molecule has 5 heteroatoms. The molecule has 2 aromatic carbocycles. The van der Waals surface area contributed by atoms with E-state index >= 15 is 0 Å². The lowest BCUT2D eigenvalue weighted by Gasteiger charge is -2.28. The number of carbonyl (C=O) groups is 2. The number of hydrogen-bond acceptors (Lipinski definition) is 3. The summed E-state index contributed by atoms with van der Waals surface area (Å²) in [5.74, 6) is -1.75. The smallest absolute Gasteiger partial charge is 0.307 e. The molecule has 3 rings (SSSR count). The molecule has 0 spiro atoms. The minimum Gasteiger partial charge on any atom is -0.481 e.